The van der Waals surface area contributed by atoms with Crippen LogP contribution >= 0.6 is 0 Å². The number of anilines is 2. The Labute approximate surface area is 560 Å². The maximum absolute atomic E-state index is 14.0. The minimum absolute atomic E-state index is 0.104. The maximum atomic E-state index is 14.0. The van der Waals surface area contributed by atoms with Crippen molar-refractivity contribution in [1.29, 1.82) is 0 Å². The van der Waals surface area contributed by atoms with Gasteiger partial charge in [-0.1, -0.05) is 194 Å². The molecule has 16 nitrogen and oxygen atoms in total. The van der Waals surface area contributed by atoms with Gasteiger partial charge in [-0.05, 0) is 195 Å². The van der Waals surface area contributed by atoms with Gasteiger partial charge in [-0.15, -0.1) is 9.98 Å². The highest BCUT2D eigenvalue weighted by Gasteiger charge is 2.38. The first-order chi connectivity index (χ1) is 45.2. The van der Waals surface area contributed by atoms with Crippen LogP contribution in [0.1, 0.15) is 140 Å². The number of nitrogens with one attached hydrogen (secondary N) is 4. The zero-order valence-electron chi connectivity index (χ0n) is 56.8. The summed E-state index contributed by atoms with van der Waals surface area (Å²) in [4.78, 5) is 68.7. The van der Waals surface area contributed by atoms with E-state index in [0.717, 1.165) is 55.6 Å². The average molecular weight is 1280 g/mol. The third-order valence-electron chi connectivity index (χ3n) is 15.5. The van der Waals surface area contributed by atoms with Crippen LogP contribution in [0.15, 0.2) is 228 Å². The summed E-state index contributed by atoms with van der Waals surface area (Å²) >= 11 is 0. The molecule has 16 heteroatoms. The van der Waals surface area contributed by atoms with Crippen LogP contribution in [-0.2, 0) is 36.4 Å². The molecule has 0 radical (unpaired) electrons. The lowest BCUT2D eigenvalue weighted by molar-refractivity contribution is 0.0543. The predicted molar refractivity (Wildman–Crippen MR) is 379 cm³/mol. The summed E-state index contributed by atoms with van der Waals surface area (Å²) in [5, 5.41) is 13.7. The number of carbonyl (C=O) groups excluding carboxylic acids is 4. The van der Waals surface area contributed by atoms with Crippen molar-refractivity contribution in [1.82, 2.24) is 21.3 Å². The van der Waals surface area contributed by atoms with Crippen molar-refractivity contribution >= 4 is 47.7 Å². The number of nitrogens with zero attached hydrogens (tertiary/aromatic N) is 4. The normalized spacial score (nSPS) is 12.8. The Morgan fingerprint density at radius 2 is 0.632 bits per heavy atom. The Morgan fingerprint density at radius 1 is 0.368 bits per heavy atom. The molecule has 0 saturated heterocycles. The molecule has 95 heavy (non-hydrogen) atoms. The SMILES string of the molecule is CC(C)(C)OC(=O)/N=C(\NC(=O)OC(C)(C)C)N(CCCNC(c1ccccc1)(c1ccccc1)c1ccccc1)c1ccc2c(c1)-c1cc(N(CCCNC(c3ccccc3)(c3ccccc3)c3ccccc3)/C(=N/C(=O)OC(C)(C)C)NC(=O)OC(C)(C)C)ccc1C2. The van der Waals surface area contributed by atoms with E-state index in [1.807, 2.05) is 155 Å². The number of rotatable bonds is 18. The van der Waals surface area contributed by atoms with E-state index in [-0.39, 0.29) is 25.0 Å². The molecule has 0 heterocycles. The van der Waals surface area contributed by atoms with Crippen molar-refractivity contribution in [3.05, 3.63) is 263 Å². The second-order valence-electron chi connectivity index (χ2n) is 27.5. The first-order valence-electron chi connectivity index (χ1n) is 32.5. The maximum Gasteiger partial charge on any atom is 0.437 e. The lowest BCUT2D eigenvalue weighted by atomic mass is 9.77. The lowest BCUT2D eigenvalue weighted by Gasteiger charge is -2.37. The van der Waals surface area contributed by atoms with E-state index < -0.39 is 57.9 Å². The van der Waals surface area contributed by atoms with Gasteiger partial charge in [0, 0.05) is 24.5 Å². The van der Waals surface area contributed by atoms with Gasteiger partial charge in [0.1, 0.15) is 22.4 Å². The van der Waals surface area contributed by atoms with E-state index in [2.05, 4.69) is 104 Å². The number of alkyl carbamates (subject to hydrolysis) is 2. The van der Waals surface area contributed by atoms with Gasteiger partial charge in [0.05, 0.1) is 11.1 Å². The van der Waals surface area contributed by atoms with Gasteiger partial charge in [0.2, 0.25) is 11.9 Å². The summed E-state index contributed by atoms with van der Waals surface area (Å²) < 4.78 is 23.3. The Morgan fingerprint density at radius 3 is 0.884 bits per heavy atom. The molecule has 0 atom stereocenters. The summed E-state index contributed by atoms with van der Waals surface area (Å²) in [6.07, 6.45) is -1.96. The third kappa shape index (κ3) is 18.3. The number of amides is 4. The van der Waals surface area contributed by atoms with E-state index in [4.69, 9.17) is 18.9 Å². The molecule has 0 aliphatic heterocycles. The van der Waals surface area contributed by atoms with Crippen LogP contribution in [0.2, 0.25) is 0 Å². The van der Waals surface area contributed by atoms with Crippen LogP contribution in [0.5, 0.6) is 0 Å². The fraction of sp³-hybridized carbons (Fsp3) is 0.316. The Bertz CT molecular complexity index is 3500. The molecule has 9 rings (SSSR count). The van der Waals surface area contributed by atoms with Crippen molar-refractivity contribution in [3.63, 3.8) is 0 Å². The molecule has 0 spiro atoms. The third-order valence-corrected chi connectivity index (χ3v) is 15.5. The molecule has 8 aromatic carbocycles. The number of benzene rings is 8. The average Bonchev–Trinajstić information content (AvgIpc) is 1.77. The topological polar surface area (TPSA) is 185 Å². The first-order valence-corrected chi connectivity index (χ1v) is 32.5. The summed E-state index contributed by atoms with van der Waals surface area (Å²) in [7, 11) is 0. The van der Waals surface area contributed by atoms with Crippen molar-refractivity contribution in [2.45, 2.75) is 136 Å². The number of carbonyl (C=O) groups is 4. The van der Waals surface area contributed by atoms with Gasteiger partial charge in [-0.3, -0.25) is 21.3 Å². The van der Waals surface area contributed by atoms with E-state index >= 15 is 0 Å². The smallest absolute Gasteiger partial charge is 0.437 e. The van der Waals surface area contributed by atoms with Crippen LogP contribution in [-0.4, -0.2) is 84.9 Å². The van der Waals surface area contributed by atoms with E-state index in [1.54, 1.807) is 83.1 Å². The molecule has 1 aliphatic carbocycles. The molecule has 0 bridgehead atoms. The Kier molecular flexibility index (Phi) is 21.9. The molecule has 494 valence electrons. The summed E-state index contributed by atoms with van der Waals surface area (Å²) in [6, 6.07) is 74.1. The first kappa shape index (κ1) is 69.4. The quantitative estimate of drug-likeness (QED) is 0.0210. The monoisotopic (exact) mass is 1280 g/mol. The van der Waals surface area contributed by atoms with Crippen LogP contribution in [0.4, 0.5) is 30.6 Å². The van der Waals surface area contributed by atoms with Crippen LogP contribution in [0.25, 0.3) is 11.1 Å². The van der Waals surface area contributed by atoms with Gasteiger partial charge in [0.15, 0.2) is 0 Å². The summed E-state index contributed by atoms with van der Waals surface area (Å²) in [5.41, 5.74) is 5.98. The molecule has 8 aromatic rings. The van der Waals surface area contributed by atoms with Crippen LogP contribution in [0.3, 0.4) is 0 Å². The van der Waals surface area contributed by atoms with Gasteiger partial charge < -0.3 is 28.7 Å². The standard InChI is InChI=1S/C79H90N8O8/c1-74(2,3)92-70(88)82-68(83-71(89)93-75(4,5)6)86(51-31-49-80-78(58-33-19-13-20-34-58,59-35-21-14-22-36-59)60-37-23-15-24-38-60)64-47-45-56-53-57-46-48-65(55-67(57)66(56)54-64)87(69(84-72(90)94-76(7,8)9)85-73(91)95-77(10,11)12)52-32-50-81-79(61-39-25-16-26-40-61,62-41-27-17-28-42-62)63-43-29-18-30-44-63/h13-30,33-48,54-55,80-81H,31-32,49-53H2,1-12H3,(H,82,83,88,89)(H,84,85,90,91). The molecule has 1 aliphatic rings. The second-order valence-corrected chi connectivity index (χ2v) is 27.5. The largest absolute Gasteiger partial charge is 0.444 e. The van der Waals surface area contributed by atoms with Crippen molar-refractivity contribution in [3.8, 4) is 11.1 Å². The highest BCUT2D eigenvalue weighted by Crippen LogP contribution is 2.43. The molecule has 0 aromatic heterocycles. The molecule has 4 amide bonds. The van der Waals surface area contributed by atoms with Crippen molar-refractivity contribution in [2.24, 2.45) is 9.98 Å². The van der Waals surface area contributed by atoms with E-state index in [1.165, 1.54) is 0 Å². The summed E-state index contributed by atoms with van der Waals surface area (Å²) in [6.45, 7) is 22.4. The minimum Gasteiger partial charge on any atom is -0.444 e. The van der Waals surface area contributed by atoms with Crippen molar-refractivity contribution < 1.29 is 38.1 Å². The minimum atomic E-state index is -0.918. The van der Waals surface area contributed by atoms with E-state index in [0.29, 0.717) is 43.7 Å². The van der Waals surface area contributed by atoms with Crippen molar-refractivity contribution in [2.75, 3.05) is 36.0 Å². The second kappa shape index (κ2) is 30.0. The molecule has 0 saturated carbocycles. The highest BCUT2D eigenvalue weighted by molar-refractivity contribution is 6.09. The van der Waals surface area contributed by atoms with Crippen LogP contribution < -0.4 is 31.1 Å². The molecular formula is C79H90N8O8. The fourth-order valence-electron chi connectivity index (χ4n) is 11.8. The zero-order chi connectivity index (χ0) is 68.0. The highest BCUT2D eigenvalue weighted by atomic mass is 16.6. The molecular weight excluding hydrogens is 1190 g/mol. The van der Waals surface area contributed by atoms with Gasteiger partial charge >= 0.3 is 24.4 Å². The van der Waals surface area contributed by atoms with Gasteiger partial charge in [-0.25, -0.2) is 19.2 Å². The fourth-order valence-corrected chi connectivity index (χ4v) is 11.8. The van der Waals surface area contributed by atoms with Gasteiger partial charge in [-0.2, -0.15) is 0 Å². The number of ether oxygens (including phenoxy) is 4. The van der Waals surface area contributed by atoms with Crippen LogP contribution in [0, 0.1) is 0 Å². The number of hydrogen-bond acceptors (Lipinski definition) is 10. The molecule has 0 unspecified atom stereocenters. The van der Waals surface area contributed by atoms with Gasteiger partial charge in [0.25, 0.3) is 0 Å². The number of guanidine groups is 2. The predicted octanol–water partition coefficient (Wildman–Crippen LogP) is 16.4. The Balaban J connectivity index is 1.14. The molecule has 4 N–H and O–H groups in total. The summed E-state index contributed by atoms with van der Waals surface area (Å²) in [5.74, 6) is -0.208. The zero-order valence-corrected chi connectivity index (χ0v) is 56.8. The lowest BCUT2D eigenvalue weighted by Crippen LogP contribution is -2.49. The van der Waals surface area contributed by atoms with E-state index in [9.17, 15) is 19.2 Å². The number of aliphatic imine (C=N–C) groups is 2. The number of hydrogen-bond donors (Lipinski definition) is 4. The Hall–Kier alpha value is -9.90. The molecule has 0 fully saturated rings. The number of fused-ring (bicyclic) bond motifs is 3.